The molecule has 0 aliphatic carbocycles. The van der Waals surface area contributed by atoms with E-state index in [9.17, 15) is 4.57 Å². The van der Waals surface area contributed by atoms with Crippen molar-refractivity contribution in [3.05, 3.63) is 12.4 Å². The average molecular weight is 292 g/mol. The maximum absolute atomic E-state index is 12.4. The fourth-order valence-electron chi connectivity index (χ4n) is 1.81. The standard InChI is InChI=1S/C12H25N2O4P/c1-5-12(14-10-9-13(6-2)11-14)18-19(15,16-7-3)17-8-4/h9-10,12H,5-8,11H2,1-4H3. The highest BCUT2D eigenvalue weighted by molar-refractivity contribution is 7.48. The summed E-state index contributed by atoms with van der Waals surface area (Å²) in [5, 5.41) is 0. The first-order valence-corrected chi connectivity index (χ1v) is 8.30. The van der Waals surface area contributed by atoms with Crippen molar-refractivity contribution in [2.75, 3.05) is 26.4 Å². The Balaban J connectivity index is 2.65. The van der Waals surface area contributed by atoms with Crippen molar-refractivity contribution < 1.29 is 18.1 Å². The van der Waals surface area contributed by atoms with Crippen LogP contribution in [-0.4, -0.2) is 42.5 Å². The highest BCUT2D eigenvalue weighted by Gasteiger charge is 2.32. The normalized spacial score (nSPS) is 17.3. The van der Waals surface area contributed by atoms with Gasteiger partial charge in [0.05, 0.1) is 19.9 Å². The van der Waals surface area contributed by atoms with Crippen molar-refractivity contribution in [1.82, 2.24) is 9.80 Å². The van der Waals surface area contributed by atoms with Gasteiger partial charge in [0, 0.05) is 18.9 Å². The fourth-order valence-corrected chi connectivity index (χ4v) is 3.21. The zero-order valence-electron chi connectivity index (χ0n) is 12.2. The van der Waals surface area contributed by atoms with Gasteiger partial charge in [0.15, 0.2) is 0 Å². The van der Waals surface area contributed by atoms with Gasteiger partial charge in [0.2, 0.25) is 0 Å². The second kappa shape index (κ2) is 7.90. The van der Waals surface area contributed by atoms with Gasteiger partial charge in [-0.1, -0.05) is 6.92 Å². The number of hydrogen-bond acceptors (Lipinski definition) is 6. The molecule has 0 aromatic heterocycles. The maximum atomic E-state index is 12.4. The van der Waals surface area contributed by atoms with Gasteiger partial charge in [-0.05, 0) is 27.2 Å². The largest absolute Gasteiger partial charge is 0.476 e. The molecule has 0 radical (unpaired) electrons. The third kappa shape index (κ3) is 4.80. The summed E-state index contributed by atoms with van der Waals surface area (Å²) >= 11 is 0. The van der Waals surface area contributed by atoms with Crippen LogP contribution in [0.2, 0.25) is 0 Å². The lowest BCUT2D eigenvalue weighted by atomic mass is 10.4. The second-order valence-electron chi connectivity index (χ2n) is 4.11. The van der Waals surface area contributed by atoms with Crippen LogP contribution in [0, 0.1) is 0 Å². The Kier molecular flexibility index (Phi) is 6.86. The van der Waals surface area contributed by atoms with Gasteiger partial charge in [0.25, 0.3) is 0 Å². The Morgan fingerprint density at radius 3 is 2.21 bits per heavy atom. The topological polar surface area (TPSA) is 51.2 Å². The minimum atomic E-state index is -3.47. The smallest absolute Gasteiger partial charge is 0.359 e. The number of phosphoric acid groups is 1. The van der Waals surface area contributed by atoms with Crippen molar-refractivity contribution in [2.24, 2.45) is 0 Å². The Morgan fingerprint density at radius 2 is 1.79 bits per heavy atom. The molecule has 0 N–H and O–H groups in total. The van der Waals surface area contributed by atoms with Gasteiger partial charge in [-0.3, -0.25) is 13.6 Å². The van der Waals surface area contributed by atoms with Gasteiger partial charge >= 0.3 is 7.82 Å². The Labute approximate surface area is 115 Å². The molecule has 0 saturated carbocycles. The molecule has 0 spiro atoms. The molecule has 0 saturated heterocycles. The minimum Gasteiger partial charge on any atom is -0.359 e. The van der Waals surface area contributed by atoms with Crippen LogP contribution in [0.5, 0.6) is 0 Å². The van der Waals surface area contributed by atoms with E-state index in [1.54, 1.807) is 13.8 Å². The summed E-state index contributed by atoms with van der Waals surface area (Å²) in [4.78, 5) is 4.13. The molecule has 1 aliphatic heterocycles. The van der Waals surface area contributed by atoms with E-state index < -0.39 is 7.82 Å². The van der Waals surface area contributed by atoms with E-state index in [1.165, 1.54) is 0 Å². The van der Waals surface area contributed by atoms with E-state index in [0.717, 1.165) is 13.2 Å². The van der Waals surface area contributed by atoms with Crippen molar-refractivity contribution >= 4 is 7.82 Å². The lowest BCUT2D eigenvalue weighted by Gasteiger charge is -2.30. The number of nitrogens with zero attached hydrogens (tertiary/aromatic N) is 2. The first-order valence-electron chi connectivity index (χ1n) is 6.84. The van der Waals surface area contributed by atoms with Crippen molar-refractivity contribution in [3.63, 3.8) is 0 Å². The van der Waals surface area contributed by atoms with Crippen LogP contribution in [0.3, 0.4) is 0 Å². The van der Waals surface area contributed by atoms with Crippen LogP contribution in [0.4, 0.5) is 0 Å². The number of rotatable bonds is 9. The molecule has 0 bridgehead atoms. The van der Waals surface area contributed by atoms with E-state index in [0.29, 0.717) is 19.6 Å². The van der Waals surface area contributed by atoms with Gasteiger partial charge in [-0.2, -0.15) is 0 Å². The summed E-state index contributed by atoms with van der Waals surface area (Å²) in [5.41, 5.74) is 0. The van der Waals surface area contributed by atoms with Crippen LogP contribution >= 0.6 is 7.82 Å². The predicted molar refractivity (Wildman–Crippen MR) is 74.2 cm³/mol. The van der Waals surface area contributed by atoms with Crippen LogP contribution < -0.4 is 0 Å². The molecule has 0 aromatic rings. The quantitative estimate of drug-likeness (QED) is 0.609. The predicted octanol–water partition coefficient (Wildman–Crippen LogP) is 2.99. The molecule has 0 fully saturated rings. The summed E-state index contributed by atoms with van der Waals surface area (Å²) in [6.07, 6.45) is 4.33. The molecule has 19 heavy (non-hydrogen) atoms. The van der Waals surface area contributed by atoms with Gasteiger partial charge in [0.1, 0.15) is 6.23 Å². The Bertz CT molecular complexity index is 328. The van der Waals surface area contributed by atoms with Crippen LogP contribution in [0.1, 0.15) is 34.1 Å². The first-order chi connectivity index (χ1) is 9.08. The molecular weight excluding hydrogens is 267 g/mol. The van der Waals surface area contributed by atoms with Crippen LogP contribution in [-0.2, 0) is 18.1 Å². The molecule has 0 aromatic carbocycles. The molecule has 1 unspecified atom stereocenters. The number of hydrogen-bond donors (Lipinski definition) is 0. The molecule has 1 aliphatic rings. The molecule has 1 heterocycles. The average Bonchev–Trinajstić information content (AvgIpc) is 2.85. The highest BCUT2D eigenvalue weighted by Crippen LogP contribution is 2.51. The summed E-state index contributed by atoms with van der Waals surface area (Å²) in [7, 11) is -3.47. The third-order valence-electron chi connectivity index (χ3n) is 2.76. The van der Waals surface area contributed by atoms with Crippen molar-refractivity contribution in [1.29, 1.82) is 0 Å². The summed E-state index contributed by atoms with van der Waals surface area (Å²) in [6.45, 7) is 9.85. The first kappa shape index (κ1) is 16.5. The van der Waals surface area contributed by atoms with Gasteiger partial charge < -0.3 is 9.80 Å². The van der Waals surface area contributed by atoms with E-state index in [2.05, 4.69) is 11.8 Å². The van der Waals surface area contributed by atoms with Gasteiger partial charge in [-0.25, -0.2) is 4.57 Å². The number of phosphoric ester groups is 1. The van der Waals surface area contributed by atoms with Gasteiger partial charge in [-0.15, -0.1) is 0 Å². The fraction of sp³-hybridized carbons (Fsp3) is 0.833. The minimum absolute atomic E-state index is 0.296. The molecule has 1 rings (SSSR count). The van der Waals surface area contributed by atoms with Crippen molar-refractivity contribution in [2.45, 2.75) is 40.3 Å². The van der Waals surface area contributed by atoms with E-state index in [-0.39, 0.29) is 6.23 Å². The summed E-state index contributed by atoms with van der Waals surface area (Å²) in [5.74, 6) is 0. The maximum Gasteiger partial charge on any atom is 0.476 e. The second-order valence-corrected chi connectivity index (χ2v) is 5.73. The SMILES string of the molecule is CCOP(=O)(OCC)OC(CC)N1C=CN(CC)C1. The molecule has 6 nitrogen and oxygen atoms in total. The molecule has 1 atom stereocenters. The monoisotopic (exact) mass is 292 g/mol. The Morgan fingerprint density at radius 1 is 1.16 bits per heavy atom. The Hall–Kier alpha value is -0.550. The summed E-state index contributed by atoms with van der Waals surface area (Å²) in [6, 6.07) is 0. The molecular formula is C12H25N2O4P. The zero-order valence-corrected chi connectivity index (χ0v) is 13.1. The molecule has 112 valence electrons. The van der Waals surface area contributed by atoms with Crippen LogP contribution in [0.25, 0.3) is 0 Å². The summed E-state index contributed by atoms with van der Waals surface area (Å²) < 4.78 is 28.3. The van der Waals surface area contributed by atoms with E-state index >= 15 is 0 Å². The zero-order chi connectivity index (χ0) is 14.3. The lowest BCUT2D eigenvalue weighted by Crippen LogP contribution is -2.35. The molecule has 7 heteroatoms. The third-order valence-corrected chi connectivity index (χ3v) is 4.41. The highest BCUT2D eigenvalue weighted by atomic mass is 31.2. The van der Waals surface area contributed by atoms with E-state index in [1.807, 2.05) is 24.2 Å². The van der Waals surface area contributed by atoms with Crippen molar-refractivity contribution in [3.8, 4) is 0 Å². The van der Waals surface area contributed by atoms with E-state index in [4.69, 9.17) is 13.6 Å². The molecule has 0 amide bonds. The van der Waals surface area contributed by atoms with Crippen LogP contribution in [0.15, 0.2) is 12.4 Å². The lowest BCUT2D eigenvalue weighted by molar-refractivity contribution is 0.00313.